The highest BCUT2D eigenvalue weighted by atomic mass is 32.1. The summed E-state index contributed by atoms with van der Waals surface area (Å²) in [6.07, 6.45) is 0.990. The second kappa shape index (κ2) is 6.50. The number of amides is 1. The molecule has 0 radical (unpaired) electrons. The Kier molecular flexibility index (Phi) is 4.71. The van der Waals surface area contributed by atoms with Crippen LogP contribution in [0.1, 0.15) is 29.0 Å². The second-order valence-electron chi connectivity index (χ2n) is 4.39. The zero-order valence-electron chi connectivity index (χ0n) is 10.9. The van der Waals surface area contributed by atoms with Crippen molar-refractivity contribution in [3.8, 4) is 0 Å². The van der Waals surface area contributed by atoms with E-state index in [0.29, 0.717) is 6.54 Å². The number of primary amides is 1. The summed E-state index contributed by atoms with van der Waals surface area (Å²) < 4.78 is 0. The molecule has 19 heavy (non-hydrogen) atoms. The topological polar surface area (TPSA) is 55.1 Å². The SMILES string of the molecule is CCc1ccc(C(NCc2cccs2)C(N)=O)cc1. The molecule has 0 aliphatic carbocycles. The van der Waals surface area contributed by atoms with Gasteiger partial charge in [-0.2, -0.15) is 0 Å². The van der Waals surface area contributed by atoms with Crippen molar-refractivity contribution in [2.45, 2.75) is 25.9 Å². The first-order valence-electron chi connectivity index (χ1n) is 6.34. The van der Waals surface area contributed by atoms with E-state index < -0.39 is 6.04 Å². The van der Waals surface area contributed by atoms with Crippen LogP contribution < -0.4 is 11.1 Å². The first-order chi connectivity index (χ1) is 9.20. The van der Waals surface area contributed by atoms with Crippen molar-refractivity contribution in [2.75, 3.05) is 0 Å². The van der Waals surface area contributed by atoms with Crippen LogP contribution in [0.5, 0.6) is 0 Å². The molecule has 1 atom stereocenters. The third-order valence-electron chi connectivity index (χ3n) is 3.07. The quantitative estimate of drug-likeness (QED) is 0.850. The van der Waals surface area contributed by atoms with Gasteiger partial charge in [-0.1, -0.05) is 37.3 Å². The Morgan fingerprint density at radius 1 is 1.32 bits per heavy atom. The van der Waals surface area contributed by atoms with E-state index in [0.717, 1.165) is 12.0 Å². The third-order valence-corrected chi connectivity index (χ3v) is 3.94. The Labute approximate surface area is 117 Å². The number of hydrogen-bond acceptors (Lipinski definition) is 3. The molecule has 0 aliphatic rings. The summed E-state index contributed by atoms with van der Waals surface area (Å²) in [6.45, 7) is 2.76. The maximum Gasteiger partial charge on any atom is 0.239 e. The highest BCUT2D eigenvalue weighted by Gasteiger charge is 2.16. The minimum absolute atomic E-state index is 0.346. The smallest absolute Gasteiger partial charge is 0.239 e. The van der Waals surface area contributed by atoms with Crippen molar-refractivity contribution in [3.63, 3.8) is 0 Å². The second-order valence-corrected chi connectivity index (χ2v) is 5.42. The molecule has 2 aromatic rings. The van der Waals surface area contributed by atoms with Crippen LogP contribution in [0.15, 0.2) is 41.8 Å². The molecule has 1 amide bonds. The monoisotopic (exact) mass is 274 g/mol. The summed E-state index contributed by atoms with van der Waals surface area (Å²) in [6, 6.07) is 11.6. The molecule has 0 aliphatic heterocycles. The zero-order chi connectivity index (χ0) is 13.7. The van der Waals surface area contributed by atoms with Crippen LogP contribution in [0.4, 0.5) is 0 Å². The summed E-state index contributed by atoms with van der Waals surface area (Å²) in [4.78, 5) is 12.8. The molecule has 0 fully saturated rings. The lowest BCUT2D eigenvalue weighted by Crippen LogP contribution is -2.33. The number of hydrogen-bond donors (Lipinski definition) is 2. The van der Waals surface area contributed by atoms with Gasteiger partial charge in [0.2, 0.25) is 5.91 Å². The fraction of sp³-hybridized carbons (Fsp3) is 0.267. The molecule has 4 heteroatoms. The van der Waals surface area contributed by atoms with Gasteiger partial charge in [-0.3, -0.25) is 10.1 Å². The lowest BCUT2D eigenvalue weighted by Gasteiger charge is -2.15. The van der Waals surface area contributed by atoms with E-state index in [4.69, 9.17) is 5.73 Å². The molecular weight excluding hydrogens is 256 g/mol. The molecule has 0 spiro atoms. The van der Waals surface area contributed by atoms with Gasteiger partial charge in [0.25, 0.3) is 0 Å². The zero-order valence-corrected chi connectivity index (χ0v) is 11.7. The highest BCUT2D eigenvalue weighted by Crippen LogP contribution is 2.16. The van der Waals surface area contributed by atoms with Crippen molar-refractivity contribution in [1.29, 1.82) is 0 Å². The predicted octanol–water partition coefficient (Wildman–Crippen LogP) is 2.63. The minimum Gasteiger partial charge on any atom is -0.368 e. The predicted molar refractivity (Wildman–Crippen MR) is 78.9 cm³/mol. The molecule has 3 nitrogen and oxygen atoms in total. The van der Waals surface area contributed by atoms with Gasteiger partial charge in [0.05, 0.1) is 0 Å². The number of carbonyl (C=O) groups excluding carboxylic acids is 1. The van der Waals surface area contributed by atoms with E-state index in [-0.39, 0.29) is 5.91 Å². The fourth-order valence-corrected chi connectivity index (χ4v) is 2.60. The molecule has 1 aromatic carbocycles. The Hall–Kier alpha value is -1.65. The van der Waals surface area contributed by atoms with E-state index in [2.05, 4.69) is 12.2 Å². The first kappa shape index (κ1) is 13.8. The van der Waals surface area contributed by atoms with Gasteiger partial charge in [0.15, 0.2) is 0 Å². The number of thiophene rings is 1. The van der Waals surface area contributed by atoms with Crippen LogP contribution in [0.2, 0.25) is 0 Å². The highest BCUT2D eigenvalue weighted by molar-refractivity contribution is 7.09. The maximum atomic E-state index is 11.6. The van der Waals surface area contributed by atoms with Crippen molar-refractivity contribution < 1.29 is 4.79 Å². The fourth-order valence-electron chi connectivity index (χ4n) is 1.94. The Bertz CT molecular complexity index is 520. The largest absolute Gasteiger partial charge is 0.368 e. The Morgan fingerprint density at radius 2 is 2.05 bits per heavy atom. The molecule has 1 unspecified atom stereocenters. The van der Waals surface area contributed by atoms with Gasteiger partial charge in [0.1, 0.15) is 6.04 Å². The van der Waals surface area contributed by atoms with Crippen LogP contribution in [0, 0.1) is 0 Å². The van der Waals surface area contributed by atoms with Gasteiger partial charge in [0, 0.05) is 11.4 Å². The standard InChI is InChI=1S/C15H18N2OS/c1-2-11-5-7-12(8-6-11)14(15(16)18)17-10-13-4-3-9-19-13/h3-9,14,17H,2,10H2,1H3,(H2,16,18). The molecule has 0 saturated heterocycles. The normalized spacial score (nSPS) is 12.3. The van der Waals surface area contributed by atoms with Crippen LogP contribution in [-0.2, 0) is 17.8 Å². The number of carbonyl (C=O) groups is 1. The first-order valence-corrected chi connectivity index (χ1v) is 7.22. The number of benzene rings is 1. The average Bonchev–Trinajstić information content (AvgIpc) is 2.92. The summed E-state index contributed by atoms with van der Waals surface area (Å²) in [5.74, 6) is -0.346. The number of aryl methyl sites for hydroxylation is 1. The van der Waals surface area contributed by atoms with Crippen molar-refractivity contribution in [3.05, 3.63) is 57.8 Å². The van der Waals surface area contributed by atoms with Gasteiger partial charge in [-0.15, -0.1) is 11.3 Å². The van der Waals surface area contributed by atoms with E-state index >= 15 is 0 Å². The molecule has 2 rings (SSSR count). The van der Waals surface area contributed by atoms with E-state index in [9.17, 15) is 4.79 Å². The van der Waals surface area contributed by atoms with Gasteiger partial charge in [-0.05, 0) is 29.0 Å². The Balaban J connectivity index is 2.08. The number of nitrogens with one attached hydrogen (secondary N) is 1. The van der Waals surface area contributed by atoms with E-state index in [1.165, 1.54) is 10.4 Å². The molecule has 1 heterocycles. The third kappa shape index (κ3) is 3.66. The maximum absolute atomic E-state index is 11.6. The van der Waals surface area contributed by atoms with Crippen LogP contribution in [-0.4, -0.2) is 5.91 Å². The van der Waals surface area contributed by atoms with Gasteiger partial charge >= 0.3 is 0 Å². The Morgan fingerprint density at radius 3 is 2.58 bits per heavy atom. The average molecular weight is 274 g/mol. The lowest BCUT2D eigenvalue weighted by atomic mass is 10.0. The van der Waals surface area contributed by atoms with Crippen LogP contribution in [0.25, 0.3) is 0 Å². The molecule has 1 aromatic heterocycles. The van der Waals surface area contributed by atoms with Gasteiger partial charge < -0.3 is 5.73 Å². The van der Waals surface area contributed by atoms with Gasteiger partial charge in [-0.25, -0.2) is 0 Å². The molecule has 0 saturated carbocycles. The molecule has 3 N–H and O–H groups in total. The summed E-state index contributed by atoms with van der Waals surface area (Å²) in [5, 5.41) is 5.23. The summed E-state index contributed by atoms with van der Waals surface area (Å²) >= 11 is 1.66. The summed E-state index contributed by atoms with van der Waals surface area (Å²) in [7, 11) is 0. The summed E-state index contributed by atoms with van der Waals surface area (Å²) in [5.41, 5.74) is 7.65. The minimum atomic E-state index is -0.437. The van der Waals surface area contributed by atoms with E-state index in [1.807, 2.05) is 41.8 Å². The molecule has 100 valence electrons. The lowest BCUT2D eigenvalue weighted by molar-refractivity contribution is -0.120. The van der Waals surface area contributed by atoms with Crippen LogP contribution >= 0.6 is 11.3 Å². The van der Waals surface area contributed by atoms with Crippen molar-refractivity contribution in [1.82, 2.24) is 5.32 Å². The van der Waals surface area contributed by atoms with Crippen molar-refractivity contribution in [2.24, 2.45) is 5.73 Å². The molecular formula is C15H18N2OS. The van der Waals surface area contributed by atoms with Crippen LogP contribution in [0.3, 0.4) is 0 Å². The molecule has 0 bridgehead atoms. The van der Waals surface area contributed by atoms with E-state index in [1.54, 1.807) is 11.3 Å². The van der Waals surface area contributed by atoms with Crippen molar-refractivity contribution >= 4 is 17.2 Å². The number of nitrogens with two attached hydrogens (primary N) is 1. The number of rotatable bonds is 6.